The van der Waals surface area contributed by atoms with Gasteiger partial charge in [-0.3, -0.25) is 39.9 Å². The highest BCUT2D eigenvalue weighted by Crippen LogP contribution is 2.66. The van der Waals surface area contributed by atoms with Gasteiger partial charge in [0.25, 0.3) is 0 Å². The zero-order valence-electron chi connectivity index (χ0n) is 30.7. The van der Waals surface area contributed by atoms with Crippen molar-refractivity contribution < 1.29 is 0 Å². The molecule has 0 N–H and O–H groups in total. The van der Waals surface area contributed by atoms with E-state index in [1.54, 1.807) is 0 Å². The van der Waals surface area contributed by atoms with E-state index in [1.165, 1.54) is 0 Å². The minimum atomic E-state index is 0.206. The van der Waals surface area contributed by atoms with Gasteiger partial charge in [0.2, 0.25) is 0 Å². The minimum absolute atomic E-state index is 0.206. The first kappa shape index (κ1) is 34.9. The van der Waals surface area contributed by atoms with Crippen LogP contribution in [0.4, 0.5) is 0 Å². The van der Waals surface area contributed by atoms with Gasteiger partial charge in [-0.2, -0.15) is 0 Å². The molecule has 2 aliphatic rings. The molecule has 56 heavy (non-hydrogen) atoms. The van der Waals surface area contributed by atoms with Crippen LogP contribution in [0.15, 0.2) is 195 Å². The third kappa shape index (κ3) is 6.86. The van der Waals surface area contributed by atoms with Crippen molar-refractivity contribution in [3.63, 3.8) is 0 Å². The Labute approximate surface area is 327 Å². The lowest BCUT2D eigenvalue weighted by molar-refractivity contribution is 0.211. The summed E-state index contributed by atoms with van der Waals surface area (Å²) in [5.41, 5.74) is 8.67. The fourth-order valence-corrected chi connectivity index (χ4v) is 9.02. The van der Waals surface area contributed by atoms with Crippen LogP contribution in [0, 0.1) is 0 Å². The van der Waals surface area contributed by atoms with Crippen LogP contribution in [0.3, 0.4) is 0 Å². The van der Waals surface area contributed by atoms with Crippen molar-refractivity contribution in [2.45, 2.75) is 47.3 Å². The molecule has 2 fully saturated rings. The van der Waals surface area contributed by atoms with E-state index in [0.29, 0.717) is 0 Å². The van der Waals surface area contributed by atoms with Gasteiger partial charge in [-0.25, -0.2) is 0 Å². The van der Waals surface area contributed by atoms with E-state index in [4.69, 9.17) is 39.9 Å². The van der Waals surface area contributed by atoms with Crippen molar-refractivity contribution in [2.75, 3.05) is 0 Å². The van der Waals surface area contributed by atoms with Crippen LogP contribution in [0.1, 0.15) is 92.9 Å². The molecular formula is C48H40N8. The first-order valence-corrected chi connectivity index (χ1v) is 19.1. The van der Waals surface area contributed by atoms with Crippen LogP contribution in [0.2, 0.25) is 0 Å². The largest absolute Gasteiger partial charge is 0.261 e. The van der Waals surface area contributed by atoms with Crippen LogP contribution in [-0.2, 0) is 0 Å². The van der Waals surface area contributed by atoms with Gasteiger partial charge in [0, 0.05) is 142 Å². The standard InChI is InChI=1S/2C24H20N4/c2*1-5-13-25-17(9-1)21-22(18-10-2-6-14-26-18)24(20-12-4-8-16-28-20)23(21)19-11-3-7-15-27-19/h2*1-16,21-24H. The molecule has 0 atom stereocenters. The second-order valence-corrected chi connectivity index (χ2v) is 14.2. The molecule has 8 nitrogen and oxygen atoms in total. The summed E-state index contributed by atoms with van der Waals surface area (Å²) in [5.74, 6) is 1.65. The monoisotopic (exact) mass is 728 g/mol. The molecule has 2 saturated carbocycles. The molecule has 8 aromatic rings. The zero-order chi connectivity index (χ0) is 37.5. The summed E-state index contributed by atoms with van der Waals surface area (Å²) in [6.45, 7) is 0. The van der Waals surface area contributed by atoms with E-state index in [0.717, 1.165) is 45.6 Å². The highest BCUT2D eigenvalue weighted by atomic mass is 14.8. The quantitative estimate of drug-likeness (QED) is 0.153. The molecule has 0 radical (unpaired) electrons. The first-order chi connectivity index (χ1) is 27.9. The van der Waals surface area contributed by atoms with E-state index in [1.807, 2.05) is 98.1 Å². The lowest BCUT2D eigenvalue weighted by atomic mass is 9.52. The van der Waals surface area contributed by atoms with E-state index in [9.17, 15) is 0 Å². The Morgan fingerprint density at radius 1 is 0.179 bits per heavy atom. The molecule has 8 aromatic heterocycles. The number of hydrogen-bond acceptors (Lipinski definition) is 8. The van der Waals surface area contributed by atoms with Gasteiger partial charge in [0.1, 0.15) is 0 Å². The lowest BCUT2D eigenvalue weighted by Crippen LogP contribution is -2.41. The van der Waals surface area contributed by atoms with Crippen LogP contribution in [0.5, 0.6) is 0 Å². The highest BCUT2D eigenvalue weighted by Gasteiger charge is 2.56. The summed E-state index contributed by atoms with van der Waals surface area (Å²) in [6.07, 6.45) is 15.0. The van der Waals surface area contributed by atoms with Crippen LogP contribution >= 0.6 is 0 Å². The molecule has 0 aliphatic heterocycles. The Kier molecular flexibility index (Phi) is 10.2. The van der Waals surface area contributed by atoms with E-state index < -0.39 is 0 Å². The highest BCUT2D eigenvalue weighted by molar-refractivity contribution is 5.43. The Morgan fingerprint density at radius 2 is 0.304 bits per heavy atom. The number of rotatable bonds is 8. The fourth-order valence-electron chi connectivity index (χ4n) is 9.02. The third-order valence-electron chi connectivity index (χ3n) is 11.3. The molecular weight excluding hydrogens is 689 g/mol. The smallest absolute Gasteiger partial charge is 0.0448 e. The first-order valence-electron chi connectivity index (χ1n) is 19.1. The van der Waals surface area contributed by atoms with Crippen LogP contribution < -0.4 is 0 Å². The molecule has 0 aromatic carbocycles. The second-order valence-electron chi connectivity index (χ2n) is 14.2. The average Bonchev–Trinajstić information content (AvgIpc) is 3.26. The Hall–Kier alpha value is -6.80. The molecule has 0 unspecified atom stereocenters. The number of aromatic nitrogens is 8. The number of hydrogen-bond donors (Lipinski definition) is 0. The van der Waals surface area contributed by atoms with Gasteiger partial charge in [-0.1, -0.05) is 48.5 Å². The molecule has 2 aliphatic carbocycles. The second kappa shape index (κ2) is 16.3. The number of pyridine rings is 8. The minimum Gasteiger partial charge on any atom is -0.261 e. The molecule has 0 saturated heterocycles. The fraction of sp³-hybridized carbons (Fsp3) is 0.167. The molecule has 8 heteroatoms. The normalized spacial score (nSPS) is 23.7. The van der Waals surface area contributed by atoms with Crippen molar-refractivity contribution >= 4 is 0 Å². The maximum atomic E-state index is 4.70. The van der Waals surface area contributed by atoms with Crippen LogP contribution in [-0.4, -0.2) is 39.9 Å². The van der Waals surface area contributed by atoms with Crippen molar-refractivity contribution in [2.24, 2.45) is 0 Å². The van der Waals surface area contributed by atoms with Crippen molar-refractivity contribution in [1.29, 1.82) is 0 Å². The average molecular weight is 729 g/mol. The SMILES string of the molecule is c1ccc(C2C(c3ccccn3)C(c3ccccn3)C2c2ccccn2)nc1.c1ccc(C2C(c3ccccn3)C(c3ccccn3)C2c2ccccn2)nc1. The zero-order valence-corrected chi connectivity index (χ0v) is 30.7. The molecule has 8 heterocycles. The van der Waals surface area contributed by atoms with Gasteiger partial charge >= 0.3 is 0 Å². The number of nitrogens with zero attached hydrogens (tertiary/aromatic N) is 8. The Bertz CT molecular complexity index is 1860. The summed E-state index contributed by atoms with van der Waals surface area (Å²) in [7, 11) is 0. The van der Waals surface area contributed by atoms with Gasteiger partial charge in [-0.05, 0) is 97.1 Å². The van der Waals surface area contributed by atoms with Gasteiger partial charge in [0.15, 0.2) is 0 Å². The maximum Gasteiger partial charge on any atom is 0.0448 e. The Morgan fingerprint density at radius 3 is 0.393 bits per heavy atom. The maximum absolute atomic E-state index is 4.70. The van der Waals surface area contributed by atoms with Crippen LogP contribution in [0.25, 0.3) is 0 Å². The van der Waals surface area contributed by atoms with E-state index >= 15 is 0 Å². The van der Waals surface area contributed by atoms with Gasteiger partial charge in [-0.15, -0.1) is 0 Å². The topological polar surface area (TPSA) is 103 Å². The lowest BCUT2D eigenvalue weighted by Gasteiger charge is -2.51. The summed E-state index contributed by atoms with van der Waals surface area (Å²) >= 11 is 0. The molecule has 0 bridgehead atoms. The molecule has 272 valence electrons. The summed E-state index contributed by atoms with van der Waals surface area (Å²) in [6, 6.07) is 49.1. The molecule has 0 spiro atoms. The summed E-state index contributed by atoms with van der Waals surface area (Å²) < 4.78 is 0. The van der Waals surface area contributed by atoms with Crippen molar-refractivity contribution in [3.8, 4) is 0 Å². The van der Waals surface area contributed by atoms with E-state index in [2.05, 4.69) is 97.1 Å². The predicted molar refractivity (Wildman–Crippen MR) is 216 cm³/mol. The Balaban J connectivity index is 0.000000146. The molecule has 0 amide bonds. The summed E-state index contributed by atoms with van der Waals surface area (Å²) in [4.78, 5) is 37.6. The van der Waals surface area contributed by atoms with E-state index in [-0.39, 0.29) is 47.3 Å². The summed E-state index contributed by atoms with van der Waals surface area (Å²) in [5, 5.41) is 0. The van der Waals surface area contributed by atoms with Gasteiger partial charge in [0.05, 0.1) is 0 Å². The van der Waals surface area contributed by atoms with Crippen molar-refractivity contribution in [1.82, 2.24) is 39.9 Å². The molecule has 10 rings (SSSR count). The third-order valence-corrected chi connectivity index (χ3v) is 11.3. The van der Waals surface area contributed by atoms with Gasteiger partial charge < -0.3 is 0 Å². The predicted octanol–water partition coefficient (Wildman–Crippen LogP) is 9.43. The van der Waals surface area contributed by atoms with Crippen molar-refractivity contribution in [3.05, 3.63) is 241 Å².